The number of esters is 1. The third-order valence-electron chi connectivity index (χ3n) is 4.52. The molecule has 0 aliphatic heterocycles. The van der Waals surface area contributed by atoms with Crippen LogP contribution in [-0.4, -0.2) is 28.5 Å². The quantitative estimate of drug-likeness (QED) is 0.372. The molecular formula is C23H19N3O4. The number of hydrogen-bond acceptors (Lipinski definition) is 6. The third kappa shape index (κ3) is 3.77. The van der Waals surface area contributed by atoms with E-state index in [1.807, 2.05) is 6.07 Å². The second-order valence-corrected chi connectivity index (χ2v) is 6.54. The summed E-state index contributed by atoms with van der Waals surface area (Å²) in [6.07, 6.45) is 1.47. The Labute approximate surface area is 172 Å². The molecule has 0 bridgehead atoms. The molecule has 0 N–H and O–H groups in total. The van der Waals surface area contributed by atoms with Gasteiger partial charge in [0.1, 0.15) is 17.3 Å². The van der Waals surface area contributed by atoms with E-state index in [-0.39, 0.29) is 11.5 Å². The molecule has 0 unspecified atom stereocenters. The van der Waals surface area contributed by atoms with Crippen molar-refractivity contribution in [3.63, 3.8) is 0 Å². The Morgan fingerprint density at radius 2 is 1.90 bits per heavy atom. The highest BCUT2D eigenvalue weighted by atomic mass is 16.5. The van der Waals surface area contributed by atoms with Gasteiger partial charge < -0.3 is 9.15 Å². The highest BCUT2D eigenvalue weighted by molar-refractivity contribution is 5.90. The Bertz CT molecular complexity index is 1300. The number of benzene rings is 2. The molecule has 0 radical (unpaired) electrons. The lowest BCUT2D eigenvalue weighted by Gasteiger charge is -2.04. The van der Waals surface area contributed by atoms with Gasteiger partial charge in [-0.3, -0.25) is 4.79 Å². The van der Waals surface area contributed by atoms with Gasteiger partial charge in [0.2, 0.25) is 0 Å². The Morgan fingerprint density at radius 3 is 2.67 bits per heavy atom. The zero-order chi connectivity index (χ0) is 21.1. The van der Waals surface area contributed by atoms with E-state index in [0.717, 1.165) is 5.56 Å². The molecule has 0 fully saturated rings. The molecule has 0 spiro atoms. The smallest absolute Gasteiger partial charge is 0.338 e. The van der Waals surface area contributed by atoms with E-state index in [1.165, 1.54) is 10.9 Å². The second kappa shape index (κ2) is 8.16. The minimum absolute atomic E-state index is 0.240. The zero-order valence-electron chi connectivity index (χ0n) is 16.5. The summed E-state index contributed by atoms with van der Waals surface area (Å²) >= 11 is 0. The van der Waals surface area contributed by atoms with Crippen molar-refractivity contribution >= 4 is 23.1 Å². The predicted octanol–water partition coefficient (Wildman–Crippen LogP) is 4.02. The van der Waals surface area contributed by atoms with Crippen LogP contribution in [0.4, 0.5) is 0 Å². The van der Waals surface area contributed by atoms with Crippen molar-refractivity contribution in [2.75, 3.05) is 6.61 Å². The summed E-state index contributed by atoms with van der Waals surface area (Å²) in [5.41, 5.74) is 1.68. The Balaban J connectivity index is 1.58. The first kappa shape index (κ1) is 19.3. The fourth-order valence-electron chi connectivity index (χ4n) is 3.05. The summed E-state index contributed by atoms with van der Waals surface area (Å²) in [5, 5.41) is 4.75. The van der Waals surface area contributed by atoms with Crippen molar-refractivity contribution in [2.24, 2.45) is 5.10 Å². The van der Waals surface area contributed by atoms with Crippen molar-refractivity contribution in [1.29, 1.82) is 0 Å². The maximum absolute atomic E-state index is 12.7. The molecule has 150 valence electrons. The zero-order valence-corrected chi connectivity index (χ0v) is 16.5. The predicted molar refractivity (Wildman–Crippen MR) is 114 cm³/mol. The fraction of sp³-hybridized carbons (Fsp3) is 0.130. The number of carbonyl (C=O) groups excluding carboxylic acids is 1. The normalized spacial score (nSPS) is 11.3. The van der Waals surface area contributed by atoms with Crippen LogP contribution in [0.15, 0.2) is 75.0 Å². The molecular weight excluding hydrogens is 382 g/mol. The fourth-order valence-corrected chi connectivity index (χ4v) is 3.05. The van der Waals surface area contributed by atoms with Crippen LogP contribution in [0.25, 0.3) is 22.2 Å². The number of aryl methyl sites for hydroxylation is 1. The van der Waals surface area contributed by atoms with Gasteiger partial charge >= 0.3 is 5.97 Å². The molecule has 0 atom stereocenters. The molecule has 0 amide bonds. The summed E-state index contributed by atoms with van der Waals surface area (Å²) in [7, 11) is 0. The maximum Gasteiger partial charge on any atom is 0.338 e. The first-order valence-corrected chi connectivity index (χ1v) is 9.47. The van der Waals surface area contributed by atoms with Crippen LogP contribution in [0.5, 0.6) is 0 Å². The summed E-state index contributed by atoms with van der Waals surface area (Å²) in [4.78, 5) is 28.8. The summed E-state index contributed by atoms with van der Waals surface area (Å²) in [6, 6.07) is 17.7. The highest BCUT2D eigenvalue weighted by Gasteiger charge is 2.09. The standard InChI is InChI=1S/C23H19N3O4/c1-3-29-23(28)17-10-8-16(9-11-17)21-13-12-18(30-21)14-24-26-15(2)25-20-7-5-4-6-19(20)22(26)27/h4-14H,3H2,1-2H3/b24-14-. The molecule has 7 nitrogen and oxygen atoms in total. The van der Waals surface area contributed by atoms with Crippen LogP contribution in [0, 0.1) is 6.92 Å². The van der Waals surface area contributed by atoms with Crippen molar-refractivity contribution in [2.45, 2.75) is 13.8 Å². The van der Waals surface area contributed by atoms with Crippen LogP contribution < -0.4 is 5.56 Å². The minimum Gasteiger partial charge on any atom is -0.462 e. The molecule has 4 rings (SSSR count). The number of ether oxygens (including phenoxy) is 1. The average molecular weight is 401 g/mol. The lowest BCUT2D eigenvalue weighted by atomic mass is 10.1. The van der Waals surface area contributed by atoms with Gasteiger partial charge in [-0.25, -0.2) is 9.78 Å². The van der Waals surface area contributed by atoms with Crippen LogP contribution in [0.3, 0.4) is 0 Å². The van der Waals surface area contributed by atoms with Crippen molar-refractivity contribution in [3.8, 4) is 11.3 Å². The van der Waals surface area contributed by atoms with Gasteiger partial charge in [-0.1, -0.05) is 24.3 Å². The number of rotatable bonds is 5. The van der Waals surface area contributed by atoms with Gasteiger partial charge in [-0.15, -0.1) is 0 Å². The molecule has 30 heavy (non-hydrogen) atoms. The van der Waals surface area contributed by atoms with Crippen LogP contribution in [0.1, 0.15) is 28.9 Å². The Morgan fingerprint density at radius 1 is 1.13 bits per heavy atom. The molecule has 0 aliphatic rings. The number of aromatic nitrogens is 2. The Hall–Kier alpha value is -4.00. The topological polar surface area (TPSA) is 86.7 Å². The first-order valence-electron chi connectivity index (χ1n) is 9.47. The number of furan rings is 1. The van der Waals surface area contributed by atoms with Gasteiger partial charge in [0, 0.05) is 5.56 Å². The van der Waals surface area contributed by atoms with Gasteiger partial charge in [-0.2, -0.15) is 9.78 Å². The van der Waals surface area contributed by atoms with E-state index in [9.17, 15) is 9.59 Å². The Kier molecular flexibility index (Phi) is 5.26. The average Bonchev–Trinajstić information content (AvgIpc) is 3.23. The van der Waals surface area contributed by atoms with E-state index in [4.69, 9.17) is 9.15 Å². The molecule has 0 saturated heterocycles. The molecule has 2 heterocycles. The van der Waals surface area contributed by atoms with E-state index < -0.39 is 0 Å². The first-order chi connectivity index (χ1) is 14.6. The van der Waals surface area contributed by atoms with Crippen molar-refractivity contribution in [1.82, 2.24) is 9.66 Å². The highest BCUT2D eigenvalue weighted by Crippen LogP contribution is 2.22. The van der Waals surface area contributed by atoms with Crippen LogP contribution >= 0.6 is 0 Å². The SMILES string of the molecule is CCOC(=O)c1ccc(-c2ccc(/C=N\n3c(C)nc4ccccc4c3=O)o2)cc1. The maximum atomic E-state index is 12.7. The molecule has 0 aliphatic carbocycles. The van der Waals surface area contributed by atoms with Gasteiger partial charge in [0.15, 0.2) is 0 Å². The summed E-state index contributed by atoms with van der Waals surface area (Å²) in [5.74, 6) is 1.23. The van der Waals surface area contributed by atoms with Crippen molar-refractivity contribution in [3.05, 3.63) is 88.2 Å². The van der Waals surface area contributed by atoms with Crippen LogP contribution in [0.2, 0.25) is 0 Å². The molecule has 2 aromatic heterocycles. The van der Waals surface area contributed by atoms with E-state index in [0.29, 0.717) is 40.4 Å². The molecule has 0 saturated carbocycles. The molecule has 7 heteroatoms. The van der Waals surface area contributed by atoms with E-state index in [1.54, 1.807) is 68.4 Å². The summed E-state index contributed by atoms with van der Waals surface area (Å²) in [6.45, 7) is 3.82. The van der Waals surface area contributed by atoms with Crippen LogP contribution in [-0.2, 0) is 4.74 Å². The largest absolute Gasteiger partial charge is 0.462 e. The number of nitrogens with zero attached hydrogens (tertiary/aromatic N) is 3. The van der Waals surface area contributed by atoms with Gasteiger partial charge in [0.25, 0.3) is 5.56 Å². The van der Waals surface area contributed by atoms with Gasteiger partial charge in [-0.05, 0) is 50.2 Å². The minimum atomic E-state index is -0.360. The molecule has 2 aromatic carbocycles. The van der Waals surface area contributed by atoms with E-state index in [2.05, 4.69) is 10.1 Å². The number of hydrogen-bond donors (Lipinski definition) is 0. The summed E-state index contributed by atoms with van der Waals surface area (Å²) < 4.78 is 12.0. The molecule has 4 aromatic rings. The second-order valence-electron chi connectivity index (χ2n) is 6.54. The number of carbonyl (C=O) groups is 1. The third-order valence-corrected chi connectivity index (χ3v) is 4.52. The lowest BCUT2D eigenvalue weighted by Crippen LogP contribution is -2.20. The lowest BCUT2D eigenvalue weighted by molar-refractivity contribution is 0.0526. The number of fused-ring (bicyclic) bond motifs is 1. The van der Waals surface area contributed by atoms with Crippen molar-refractivity contribution < 1.29 is 13.9 Å². The monoisotopic (exact) mass is 401 g/mol. The van der Waals surface area contributed by atoms with E-state index >= 15 is 0 Å². The van der Waals surface area contributed by atoms with Gasteiger partial charge in [0.05, 0.1) is 29.3 Å². The number of para-hydroxylation sites is 1.